The number of rotatable bonds is 7. The molecule has 0 unspecified atom stereocenters. The number of para-hydroxylation sites is 2. The molecule has 8 nitrogen and oxygen atoms in total. The number of carbonyl (C=O) groups excluding carboxylic acids is 2. The summed E-state index contributed by atoms with van der Waals surface area (Å²) < 4.78 is 5.38. The van der Waals surface area contributed by atoms with Crippen LogP contribution in [0.2, 0.25) is 0 Å². The Morgan fingerprint density at radius 3 is 2.18 bits per heavy atom. The fourth-order valence-corrected chi connectivity index (χ4v) is 3.85. The van der Waals surface area contributed by atoms with Gasteiger partial charge in [-0.1, -0.05) is 42.5 Å². The maximum absolute atomic E-state index is 13.6. The third kappa shape index (κ3) is 4.06. The van der Waals surface area contributed by atoms with E-state index in [1.54, 1.807) is 36.2 Å². The molecule has 1 aliphatic rings. The van der Waals surface area contributed by atoms with Gasteiger partial charge in [0.1, 0.15) is 11.4 Å². The van der Waals surface area contributed by atoms with Crippen LogP contribution in [0.5, 0.6) is 5.75 Å². The number of anilines is 1. The molecule has 3 aromatic rings. The van der Waals surface area contributed by atoms with Crippen molar-refractivity contribution in [1.29, 1.82) is 0 Å². The summed E-state index contributed by atoms with van der Waals surface area (Å²) in [5.41, 5.74) is 2.01. The zero-order valence-electron chi connectivity index (χ0n) is 18.1. The molecule has 2 amide bonds. The molecule has 0 aromatic heterocycles. The van der Waals surface area contributed by atoms with Crippen molar-refractivity contribution in [2.45, 2.75) is 6.54 Å². The zero-order valence-corrected chi connectivity index (χ0v) is 18.1. The van der Waals surface area contributed by atoms with Crippen molar-refractivity contribution in [3.05, 3.63) is 106 Å². The van der Waals surface area contributed by atoms with Crippen LogP contribution in [0.1, 0.15) is 11.1 Å². The first kappa shape index (κ1) is 21.8. The summed E-state index contributed by atoms with van der Waals surface area (Å²) in [5, 5.41) is 11.1. The second-order valence-electron chi connectivity index (χ2n) is 7.49. The van der Waals surface area contributed by atoms with Crippen molar-refractivity contribution in [1.82, 2.24) is 4.90 Å². The lowest BCUT2D eigenvalue weighted by Gasteiger charge is -2.22. The molecule has 33 heavy (non-hydrogen) atoms. The number of hydrogen-bond donors (Lipinski definition) is 0. The van der Waals surface area contributed by atoms with Crippen LogP contribution in [-0.2, 0) is 16.1 Å². The SMILES string of the molecule is COc1ccccc1N1C(=O)C(c2ccc([N+](=O)[O-])cc2)=C(N(C)Cc2ccccc2)C1=O. The standard InChI is InChI=1S/C25H21N3O5/c1-26(16-17-8-4-3-5-9-17)23-22(18-12-14-19(15-13-18)28(31)32)24(29)27(25(23)30)20-10-6-7-11-21(20)33-2/h3-15H,16H2,1-2H3. The highest BCUT2D eigenvalue weighted by Crippen LogP contribution is 2.38. The molecule has 3 aromatic carbocycles. The molecule has 0 spiro atoms. The predicted octanol–water partition coefficient (Wildman–Crippen LogP) is 4.02. The lowest BCUT2D eigenvalue weighted by atomic mass is 10.0. The van der Waals surface area contributed by atoms with Gasteiger partial charge in [0, 0.05) is 25.7 Å². The highest BCUT2D eigenvalue weighted by Gasteiger charge is 2.42. The molecule has 0 atom stereocenters. The summed E-state index contributed by atoms with van der Waals surface area (Å²) in [6, 6.07) is 22.0. The van der Waals surface area contributed by atoms with Gasteiger partial charge in [-0.3, -0.25) is 19.7 Å². The highest BCUT2D eigenvalue weighted by atomic mass is 16.6. The first-order valence-electron chi connectivity index (χ1n) is 10.2. The Kier molecular flexibility index (Phi) is 5.91. The minimum absolute atomic E-state index is 0.100. The first-order valence-corrected chi connectivity index (χ1v) is 10.2. The van der Waals surface area contributed by atoms with Crippen LogP contribution >= 0.6 is 0 Å². The van der Waals surface area contributed by atoms with Gasteiger partial charge < -0.3 is 9.64 Å². The average molecular weight is 443 g/mol. The van der Waals surface area contributed by atoms with Crippen LogP contribution in [-0.4, -0.2) is 35.8 Å². The summed E-state index contributed by atoms with van der Waals surface area (Å²) in [6.45, 7) is 0.394. The quantitative estimate of drug-likeness (QED) is 0.311. The summed E-state index contributed by atoms with van der Waals surface area (Å²) >= 11 is 0. The summed E-state index contributed by atoms with van der Waals surface area (Å²) in [7, 11) is 3.21. The third-order valence-electron chi connectivity index (χ3n) is 5.40. The van der Waals surface area contributed by atoms with Gasteiger partial charge in [0.25, 0.3) is 17.5 Å². The van der Waals surface area contributed by atoms with Crippen LogP contribution in [0.4, 0.5) is 11.4 Å². The highest BCUT2D eigenvalue weighted by molar-refractivity contribution is 6.45. The Bertz CT molecular complexity index is 1250. The van der Waals surface area contributed by atoms with Crippen molar-refractivity contribution in [3.63, 3.8) is 0 Å². The summed E-state index contributed by atoms with van der Waals surface area (Å²) in [6.07, 6.45) is 0. The van der Waals surface area contributed by atoms with Crippen molar-refractivity contribution in [2.75, 3.05) is 19.1 Å². The molecular weight excluding hydrogens is 422 g/mol. The van der Waals surface area contributed by atoms with Gasteiger partial charge in [0.05, 0.1) is 23.3 Å². The van der Waals surface area contributed by atoms with Gasteiger partial charge in [-0.25, -0.2) is 4.90 Å². The predicted molar refractivity (Wildman–Crippen MR) is 123 cm³/mol. The molecule has 1 heterocycles. The summed E-state index contributed by atoms with van der Waals surface area (Å²) in [4.78, 5) is 40.6. The molecule has 4 rings (SSSR count). The second-order valence-corrected chi connectivity index (χ2v) is 7.49. The number of ether oxygens (including phenoxy) is 1. The van der Waals surface area contributed by atoms with E-state index < -0.39 is 16.7 Å². The Morgan fingerprint density at radius 1 is 0.909 bits per heavy atom. The van der Waals surface area contributed by atoms with E-state index in [4.69, 9.17) is 4.74 Å². The van der Waals surface area contributed by atoms with E-state index >= 15 is 0 Å². The fraction of sp³-hybridized carbons (Fsp3) is 0.120. The number of nitro groups is 1. The van der Waals surface area contributed by atoms with E-state index in [2.05, 4.69) is 0 Å². The number of carbonyl (C=O) groups is 2. The fourth-order valence-electron chi connectivity index (χ4n) is 3.85. The number of nitro benzene ring substituents is 1. The van der Waals surface area contributed by atoms with E-state index in [0.29, 0.717) is 23.5 Å². The monoisotopic (exact) mass is 443 g/mol. The van der Waals surface area contributed by atoms with E-state index in [1.807, 2.05) is 30.3 Å². The molecule has 0 N–H and O–H groups in total. The van der Waals surface area contributed by atoms with Gasteiger partial charge in [-0.15, -0.1) is 0 Å². The number of likely N-dealkylation sites (N-methyl/N-ethyl adjacent to an activating group) is 1. The summed E-state index contributed by atoms with van der Waals surface area (Å²) in [5.74, 6) is -0.626. The number of imide groups is 1. The van der Waals surface area contributed by atoms with E-state index in [-0.39, 0.29) is 17.0 Å². The van der Waals surface area contributed by atoms with Crippen LogP contribution in [0.25, 0.3) is 5.57 Å². The van der Waals surface area contributed by atoms with E-state index in [0.717, 1.165) is 10.5 Å². The Labute approximate surface area is 190 Å². The Balaban J connectivity index is 1.82. The van der Waals surface area contributed by atoms with Crippen LogP contribution in [0, 0.1) is 10.1 Å². The molecule has 0 aliphatic carbocycles. The van der Waals surface area contributed by atoms with Gasteiger partial charge in [-0.2, -0.15) is 0 Å². The largest absolute Gasteiger partial charge is 0.495 e. The molecule has 1 aliphatic heterocycles. The normalized spacial score (nSPS) is 13.5. The smallest absolute Gasteiger partial charge is 0.282 e. The second kappa shape index (κ2) is 8.96. The Morgan fingerprint density at radius 2 is 1.55 bits per heavy atom. The maximum Gasteiger partial charge on any atom is 0.282 e. The number of non-ortho nitro benzene ring substituents is 1. The number of benzene rings is 3. The molecular formula is C25H21N3O5. The lowest BCUT2D eigenvalue weighted by molar-refractivity contribution is -0.384. The average Bonchev–Trinajstić information content (AvgIpc) is 3.09. The lowest BCUT2D eigenvalue weighted by Crippen LogP contribution is -2.34. The third-order valence-corrected chi connectivity index (χ3v) is 5.40. The number of amides is 2. The number of methoxy groups -OCH3 is 1. The van der Waals surface area contributed by atoms with Gasteiger partial charge >= 0.3 is 0 Å². The maximum atomic E-state index is 13.6. The molecule has 166 valence electrons. The Hall–Kier alpha value is -4.46. The van der Waals surface area contributed by atoms with Crippen molar-refractivity contribution in [3.8, 4) is 5.75 Å². The van der Waals surface area contributed by atoms with E-state index in [1.165, 1.54) is 31.4 Å². The minimum atomic E-state index is -0.520. The van der Waals surface area contributed by atoms with Crippen LogP contribution in [0.3, 0.4) is 0 Å². The van der Waals surface area contributed by atoms with Crippen molar-refractivity contribution < 1.29 is 19.2 Å². The van der Waals surface area contributed by atoms with Crippen molar-refractivity contribution in [2.24, 2.45) is 0 Å². The molecule has 0 saturated heterocycles. The molecule has 8 heteroatoms. The molecule has 0 bridgehead atoms. The van der Waals surface area contributed by atoms with Gasteiger partial charge in [0.15, 0.2) is 0 Å². The van der Waals surface area contributed by atoms with E-state index in [9.17, 15) is 19.7 Å². The number of nitrogens with zero attached hydrogens (tertiary/aromatic N) is 3. The molecule has 0 fully saturated rings. The number of hydrogen-bond acceptors (Lipinski definition) is 6. The minimum Gasteiger partial charge on any atom is -0.495 e. The van der Waals surface area contributed by atoms with Gasteiger partial charge in [-0.05, 0) is 35.4 Å². The topological polar surface area (TPSA) is 93.0 Å². The van der Waals surface area contributed by atoms with Crippen molar-refractivity contribution >= 4 is 28.8 Å². The molecule has 0 saturated carbocycles. The van der Waals surface area contributed by atoms with Gasteiger partial charge in [0.2, 0.25) is 0 Å². The van der Waals surface area contributed by atoms with Crippen LogP contribution in [0.15, 0.2) is 84.6 Å². The zero-order chi connectivity index (χ0) is 23.5. The first-order chi connectivity index (χ1) is 15.9. The molecule has 0 radical (unpaired) electrons. The van der Waals surface area contributed by atoms with Crippen LogP contribution < -0.4 is 9.64 Å².